The molecule has 0 amide bonds. The van der Waals surface area contributed by atoms with Crippen LogP contribution in [0.5, 0.6) is 0 Å². The van der Waals surface area contributed by atoms with Crippen molar-refractivity contribution in [3.63, 3.8) is 0 Å². The van der Waals surface area contributed by atoms with Gasteiger partial charge in [-0.05, 0) is 30.2 Å². The molecule has 29 heavy (non-hydrogen) atoms. The standard InChI is InChI=1S/C22H16N4O2S/c1-14-6-5-9-26-19(27)10-16(24-21(14)26)12-25-13-23-17-11-18(29-20(17)22(25)28)15-7-3-2-4-8-15/h2-11,13H,12H2,1H3. The topological polar surface area (TPSA) is 69.3 Å². The Labute approximate surface area is 169 Å². The van der Waals surface area contributed by atoms with E-state index < -0.39 is 0 Å². The number of rotatable bonds is 3. The van der Waals surface area contributed by atoms with Crippen molar-refractivity contribution in [1.29, 1.82) is 0 Å². The zero-order valence-corrected chi connectivity index (χ0v) is 16.4. The van der Waals surface area contributed by atoms with Crippen LogP contribution in [0.1, 0.15) is 11.3 Å². The third-order valence-electron chi connectivity index (χ3n) is 4.83. The number of hydrogen-bond acceptors (Lipinski definition) is 5. The number of aromatic nitrogens is 4. The summed E-state index contributed by atoms with van der Waals surface area (Å²) in [5.41, 5.74) is 3.47. The average Bonchev–Trinajstić information content (AvgIpc) is 3.17. The molecular weight excluding hydrogens is 384 g/mol. The highest BCUT2D eigenvalue weighted by molar-refractivity contribution is 7.22. The van der Waals surface area contributed by atoms with Gasteiger partial charge >= 0.3 is 0 Å². The first-order valence-electron chi connectivity index (χ1n) is 9.12. The van der Waals surface area contributed by atoms with E-state index in [9.17, 15) is 9.59 Å². The van der Waals surface area contributed by atoms with E-state index in [0.29, 0.717) is 21.6 Å². The maximum Gasteiger partial charge on any atom is 0.271 e. The van der Waals surface area contributed by atoms with E-state index in [1.165, 1.54) is 32.7 Å². The van der Waals surface area contributed by atoms with Gasteiger partial charge in [0.25, 0.3) is 11.1 Å². The van der Waals surface area contributed by atoms with Gasteiger partial charge in [-0.3, -0.25) is 18.6 Å². The quantitative estimate of drug-likeness (QED) is 0.465. The Bertz CT molecular complexity index is 1480. The van der Waals surface area contributed by atoms with Crippen LogP contribution in [0.3, 0.4) is 0 Å². The summed E-state index contributed by atoms with van der Waals surface area (Å²) in [4.78, 5) is 35.5. The van der Waals surface area contributed by atoms with Crippen molar-refractivity contribution >= 4 is 27.2 Å². The maximum atomic E-state index is 13.0. The summed E-state index contributed by atoms with van der Waals surface area (Å²) in [6, 6.07) is 17.0. The SMILES string of the molecule is Cc1cccn2c(=O)cc(Cn3cnc4cc(-c5ccccc5)sc4c3=O)nc12. The molecule has 6 nitrogen and oxygen atoms in total. The van der Waals surface area contributed by atoms with Crippen LogP contribution in [-0.2, 0) is 6.54 Å². The highest BCUT2D eigenvalue weighted by atomic mass is 32.1. The lowest BCUT2D eigenvalue weighted by Gasteiger charge is -2.07. The molecule has 0 aliphatic rings. The van der Waals surface area contributed by atoms with Gasteiger partial charge in [0.2, 0.25) is 0 Å². The van der Waals surface area contributed by atoms with Gasteiger partial charge in [-0.15, -0.1) is 11.3 Å². The lowest BCUT2D eigenvalue weighted by molar-refractivity contribution is 0.727. The van der Waals surface area contributed by atoms with Crippen molar-refractivity contribution in [1.82, 2.24) is 18.9 Å². The summed E-state index contributed by atoms with van der Waals surface area (Å²) in [7, 11) is 0. The fourth-order valence-electron chi connectivity index (χ4n) is 3.37. The number of hydrogen-bond donors (Lipinski definition) is 0. The summed E-state index contributed by atoms with van der Waals surface area (Å²) in [5, 5.41) is 0. The first-order valence-corrected chi connectivity index (χ1v) is 9.94. The number of benzene rings is 1. The van der Waals surface area contributed by atoms with E-state index in [2.05, 4.69) is 9.97 Å². The molecule has 0 radical (unpaired) electrons. The molecule has 5 rings (SSSR count). The van der Waals surface area contributed by atoms with Crippen LogP contribution in [0.25, 0.3) is 26.3 Å². The molecule has 4 aromatic heterocycles. The molecule has 0 saturated heterocycles. The molecule has 0 saturated carbocycles. The molecule has 0 spiro atoms. The van der Waals surface area contributed by atoms with Crippen molar-refractivity contribution in [2.75, 3.05) is 0 Å². The van der Waals surface area contributed by atoms with Crippen LogP contribution in [0.2, 0.25) is 0 Å². The highest BCUT2D eigenvalue weighted by Crippen LogP contribution is 2.30. The van der Waals surface area contributed by atoms with Crippen molar-refractivity contribution in [2.24, 2.45) is 0 Å². The van der Waals surface area contributed by atoms with E-state index in [0.717, 1.165) is 16.0 Å². The van der Waals surface area contributed by atoms with Crippen LogP contribution < -0.4 is 11.1 Å². The third-order valence-corrected chi connectivity index (χ3v) is 6.00. The van der Waals surface area contributed by atoms with Gasteiger partial charge in [0.1, 0.15) is 10.3 Å². The van der Waals surface area contributed by atoms with Gasteiger partial charge in [-0.2, -0.15) is 0 Å². The second kappa shape index (κ2) is 6.79. The molecule has 4 heterocycles. The van der Waals surface area contributed by atoms with Crippen molar-refractivity contribution in [3.8, 4) is 10.4 Å². The predicted molar refractivity (Wildman–Crippen MR) is 115 cm³/mol. The number of thiophene rings is 1. The first-order chi connectivity index (χ1) is 14.1. The molecule has 7 heteroatoms. The summed E-state index contributed by atoms with van der Waals surface area (Å²) in [6.07, 6.45) is 3.21. The fourth-order valence-corrected chi connectivity index (χ4v) is 4.43. The largest absolute Gasteiger partial charge is 0.292 e. The Morgan fingerprint density at radius 2 is 1.86 bits per heavy atom. The van der Waals surface area contributed by atoms with Gasteiger partial charge in [0.05, 0.1) is 24.1 Å². The van der Waals surface area contributed by atoms with Crippen molar-refractivity contribution in [3.05, 3.63) is 99.1 Å². The van der Waals surface area contributed by atoms with Crippen LogP contribution in [0.4, 0.5) is 0 Å². The second-order valence-corrected chi connectivity index (χ2v) is 7.89. The van der Waals surface area contributed by atoms with Crippen LogP contribution in [0, 0.1) is 6.92 Å². The van der Waals surface area contributed by atoms with E-state index in [-0.39, 0.29) is 17.7 Å². The number of pyridine rings is 1. The van der Waals surface area contributed by atoms with Crippen molar-refractivity contribution < 1.29 is 0 Å². The Kier molecular flexibility index (Phi) is 4.10. The van der Waals surface area contributed by atoms with E-state index in [4.69, 9.17) is 0 Å². The maximum absolute atomic E-state index is 13.0. The van der Waals surface area contributed by atoms with Gasteiger partial charge in [-0.1, -0.05) is 36.4 Å². The smallest absolute Gasteiger partial charge is 0.271 e. The van der Waals surface area contributed by atoms with Gasteiger partial charge in [0.15, 0.2) is 0 Å². The van der Waals surface area contributed by atoms with E-state index in [1.54, 1.807) is 6.20 Å². The zero-order chi connectivity index (χ0) is 20.0. The molecule has 142 valence electrons. The molecule has 0 atom stereocenters. The van der Waals surface area contributed by atoms with Gasteiger partial charge in [0, 0.05) is 17.1 Å². The minimum Gasteiger partial charge on any atom is -0.292 e. The Morgan fingerprint density at radius 1 is 1.03 bits per heavy atom. The predicted octanol–water partition coefficient (Wildman–Crippen LogP) is 3.49. The molecular formula is C22H16N4O2S. The summed E-state index contributed by atoms with van der Waals surface area (Å²) in [6.45, 7) is 2.10. The third kappa shape index (κ3) is 3.05. The Hall–Kier alpha value is -3.58. The van der Waals surface area contributed by atoms with Crippen LogP contribution in [-0.4, -0.2) is 18.9 Å². The first kappa shape index (κ1) is 17.5. The van der Waals surface area contributed by atoms with E-state index >= 15 is 0 Å². The lowest BCUT2D eigenvalue weighted by atomic mass is 10.2. The molecule has 0 fully saturated rings. The Morgan fingerprint density at radius 3 is 2.69 bits per heavy atom. The molecule has 0 unspecified atom stereocenters. The number of nitrogens with zero attached hydrogens (tertiary/aromatic N) is 4. The monoisotopic (exact) mass is 400 g/mol. The molecule has 0 aliphatic heterocycles. The van der Waals surface area contributed by atoms with Gasteiger partial charge in [-0.25, -0.2) is 9.97 Å². The summed E-state index contributed by atoms with van der Waals surface area (Å²) in [5.74, 6) is 0. The number of aryl methyl sites for hydroxylation is 1. The molecule has 0 N–H and O–H groups in total. The molecule has 1 aromatic carbocycles. The summed E-state index contributed by atoms with van der Waals surface area (Å²) >= 11 is 1.43. The number of fused-ring (bicyclic) bond motifs is 2. The Balaban J connectivity index is 1.59. The minimum atomic E-state index is -0.168. The van der Waals surface area contributed by atoms with Crippen LogP contribution >= 0.6 is 11.3 Å². The molecule has 0 aliphatic carbocycles. The van der Waals surface area contributed by atoms with Crippen molar-refractivity contribution in [2.45, 2.75) is 13.5 Å². The molecule has 5 aromatic rings. The summed E-state index contributed by atoms with van der Waals surface area (Å²) < 4.78 is 3.61. The highest BCUT2D eigenvalue weighted by Gasteiger charge is 2.12. The van der Waals surface area contributed by atoms with E-state index in [1.807, 2.05) is 55.5 Å². The van der Waals surface area contributed by atoms with Crippen LogP contribution in [0.15, 0.2) is 76.7 Å². The average molecular weight is 400 g/mol. The normalized spacial score (nSPS) is 11.3. The minimum absolute atomic E-state index is 0.131. The van der Waals surface area contributed by atoms with Gasteiger partial charge < -0.3 is 0 Å². The lowest BCUT2D eigenvalue weighted by Crippen LogP contribution is -2.23. The second-order valence-electron chi connectivity index (χ2n) is 6.84. The molecule has 0 bridgehead atoms. The fraction of sp³-hybridized carbons (Fsp3) is 0.0909. The zero-order valence-electron chi connectivity index (χ0n) is 15.6.